The number of rotatable bonds is 10. The normalized spacial score (nSPS) is 13.1. The van der Waals surface area contributed by atoms with Crippen LogP contribution in [0, 0.1) is 0 Å². The van der Waals surface area contributed by atoms with Crippen molar-refractivity contribution in [2.75, 3.05) is 27.3 Å². The predicted octanol–water partition coefficient (Wildman–Crippen LogP) is 2.46. The molecule has 3 aromatic rings. The van der Waals surface area contributed by atoms with E-state index >= 15 is 0 Å². The van der Waals surface area contributed by atoms with Gasteiger partial charge in [-0.1, -0.05) is 42.5 Å². The Morgan fingerprint density at radius 2 is 1.38 bits per heavy atom. The lowest BCUT2D eigenvalue weighted by Crippen LogP contribution is -2.51. The molecule has 1 unspecified atom stereocenters. The molecule has 1 heterocycles. The summed E-state index contributed by atoms with van der Waals surface area (Å²) in [7, 11) is 2.99. The molecule has 0 aromatic heterocycles. The number of fused-ring (bicyclic) bond motifs is 1. The molecule has 0 spiro atoms. The van der Waals surface area contributed by atoms with E-state index in [-0.39, 0.29) is 36.5 Å². The van der Waals surface area contributed by atoms with Crippen LogP contribution in [0.25, 0.3) is 0 Å². The molecule has 3 aromatic carbocycles. The van der Waals surface area contributed by atoms with E-state index < -0.39 is 23.8 Å². The Labute approximate surface area is 214 Å². The van der Waals surface area contributed by atoms with Crippen molar-refractivity contribution in [3.63, 3.8) is 0 Å². The van der Waals surface area contributed by atoms with Crippen LogP contribution in [0.4, 0.5) is 0 Å². The third-order valence-corrected chi connectivity index (χ3v) is 6.07. The van der Waals surface area contributed by atoms with Gasteiger partial charge in [0, 0.05) is 25.1 Å². The fourth-order valence-corrected chi connectivity index (χ4v) is 4.19. The van der Waals surface area contributed by atoms with Crippen molar-refractivity contribution in [1.82, 2.24) is 15.5 Å². The van der Waals surface area contributed by atoms with Gasteiger partial charge in [0.25, 0.3) is 17.7 Å². The maximum absolute atomic E-state index is 13.2. The Balaban J connectivity index is 1.42. The summed E-state index contributed by atoms with van der Waals surface area (Å²) < 4.78 is 10.4. The van der Waals surface area contributed by atoms with Crippen molar-refractivity contribution in [3.05, 3.63) is 95.1 Å². The second kappa shape index (κ2) is 11.4. The first-order valence-electron chi connectivity index (χ1n) is 11.7. The van der Waals surface area contributed by atoms with E-state index in [0.717, 1.165) is 10.5 Å². The first kappa shape index (κ1) is 25.4. The van der Waals surface area contributed by atoms with Crippen molar-refractivity contribution < 1.29 is 28.7 Å². The Morgan fingerprint density at radius 1 is 0.784 bits per heavy atom. The Bertz CT molecular complexity index is 1290. The number of nitrogens with zero attached hydrogens (tertiary/aromatic N) is 1. The molecule has 4 amide bonds. The van der Waals surface area contributed by atoms with Crippen LogP contribution in [0.5, 0.6) is 11.5 Å². The molecule has 1 atom stereocenters. The number of benzene rings is 3. The monoisotopic (exact) mass is 501 g/mol. The SMILES string of the molecule is COc1ccc(C(=O)NCCNC(=O)C(Cc2ccccc2)N2C(=O)c3ccccc3C2=O)cc1OC. The Kier molecular flexibility index (Phi) is 7.83. The van der Waals surface area contributed by atoms with Crippen LogP contribution in [0.15, 0.2) is 72.8 Å². The van der Waals surface area contributed by atoms with Gasteiger partial charge < -0.3 is 20.1 Å². The number of carbonyl (C=O) groups excluding carboxylic acids is 4. The topological polar surface area (TPSA) is 114 Å². The minimum atomic E-state index is -1.05. The molecule has 1 aliphatic heterocycles. The Morgan fingerprint density at radius 3 is 2.00 bits per heavy atom. The molecule has 190 valence electrons. The van der Waals surface area contributed by atoms with E-state index in [9.17, 15) is 19.2 Å². The van der Waals surface area contributed by atoms with E-state index in [1.165, 1.54) is 14.2 Å². The van der Waals surface area contributed by atoms with E-state index in [1.807, 2.05) is 30.3 Å². The number of imide groups is 1. The summed E-state index contributed by atoms with van der Waals surface area (Å²) >= 11 is 0. The van der Waals surface area contributed by atoms with Crippen LogP contribution in [-0.2, 0) is 11.2 Å². The van der Waals surface area contributed by atoms with Crippen LogP contribution < -0.4 is 20.1 Å². The first-order chi connectivity index (χ1) is 17.9. The number of ether oxygens (including phenoxy) is 2. The van der Waals surface area contributed by atoms with E-state index in [4.69, 9.17) is 9.47 Å². The minimum Gasteiger partial charge on any atom is -0.493 e. The highest BCUT2D eigenvalue weighted by Crippen LogP contribution is 2.28. The van der Waals surface area contributed by atoms with E-state index in [1.54, 1.807) is 42.5 Å². The van der Waals surface area contributed by atoms with Gasteiger partial charge in [-0.3, -0.25) is 24.1 Å². The summed E-state index contributed by atoms with van der Waals surface area (Å²) in [5.41, 5.74) is 1.74. The highest BCUT2D eigenvalue weighted by atomic mass is 16.5. The fourth-order valence-electron chi connectivity index (χ4n) is 4.19. The van der Waals surface area contributed by atoms with Gasteiger partial charge in [0.1, 0.15) is 6.04 Å². The molecular formula is C28H27N3O6. The summed E-state index contributed by atoms with van der Waals surface area (Å²) in [5.74, 6) is -0.913. The van der Waals surface area contributed by atoms with Gasteiger partial charge in [0.15, 0.2) is 11.5 Å². The van der Waals surface area contributed by atoms with Crippen molar-refractivity contribution >= 4 is 23.6 Å². The van der Waals surface area contributed by atoms with Gasteiger partial charge in [-0.25, -0.2) is 0 Å². The Hall–Kier alpha value is -4.66. The third-order valence-electron chi connectivity index (χ3n) is 6.07. The smallest absolute Gasteiger partial charge is 0.262 e. The van der Waals surface area contributed by atoms with Crippen molar-refractivity contribution in [1.29, 1.82) is 0 Å². The molecular weight excluding hydrogens is 474 g/mol. The summed E-state index contributed by atoms with van der Waals surface area (Å²) in [5, 5.41) is 5.49. The highest BCUT2D eigenvalue weighted by molar-refractivity contribution is 6.22. The zero-order chi connectivity index (χ0) is 26.4. The number of amides is 4. The molecule has 0 radical (unpaired) electrons. The summed E-state index contributed by atoms with van der Waals surface area (Å²) in [4.78, 5) is 52.9. The van der Waals surface area contributed by atoms with Gasteiger partial charge in [-0.2, -0.15) is 0 Å². The van der Waals surface area contributed by atoms with Crippen LogP contribution in [0.2, 0.25) is 0 Å². The average molecular weight is 502 g/mol. The second-order valence-corrected chi connectivity index (χ2v) is 8.35. The van der Waals surface area contributed by atoms with Crippen LogP contribution in [0.1, 0.15) is 36.6 Å². The van der Waals surface area contributed by atoms with Crippen molar-refractivity contribution in [3.8, 4) is 11.5 Å². The molecule has 0 fully saturated rings. The molecule has 0 saturated heterocycles. The van der Waals surface area contributed by atoms with Crippen LogP contribution >= 0.6 is 0 Å². The molecule has 37 heavy (non-hydrogen) atoms. The quantitative estimate of drug-likeness (QED) is 0.326. The summed E-state index contributed by atoms with van der Waals surface area (Å²) in [6.45, 7) is 0.241. The molecule has 4 rings (SSSR count). The lowest BCUT2D eigenvalue weighted by Gasteiger charge is -2.25. The lowest BCUT2D eigenvalue weighted by atomic mass is 10.0. The third kappa shape index (κ3) is 5.45. The van der Waals surface area contributed by atoms with E-state index in [2.05, 4.69) is 10.6 Å². The lowest BCUT2D eigenvalue weighted by molar-refractivity contribution is -0.125. The molecule has 0 saturated carbocycles. The van der Waals surface area contributed by atoms with Gasteiger partial charge in [0.05, 0.1) is 25.3 Å². The number of hydrogen-bond acceptors (Lipinski definition) is 6. The number of methoxy groups -OCH3 is 2. The van der Waals surface area contributed by atoms with Crippen molar-refractivity contribution in [2.45, 2.75) is 12.5 Å². The van der Waals surface area contributed by atoms with Gasteiger partial charge in [0.2, 0.25) is 5.91 Å². The maximum Gasteiger partial charge on any atom is 0.262 e. The van der Waals surface area contributed by atoms with Crippen molar-refractivity contribution in [2.24, 2.45) is 0 Å². The fraction of sp³-hybridized carbons (Fsp3) is 0.214. The number of nitrogens with one attached hydrogen (secondary N) is 2. The molecule has 9 nitrogen and oxygen atoms in total. The van der Waals surface area contributed by atoms with Gasteiger partial charge in [-0.05, 0) is 35.9 Å². The number of hydrogen-bond donors (Lipinski definition) is 2. The summed E-state index contributed by atoms with van der Waals surface area (Å²) in [6.07, 6.45) is 0.163. The predicted molar refractivity (Wildman–Crippen MR) is 136 cm³/mol. The zero-order valence-electron chi connectivity index (χ0n) is 20.5. The number of carbonyl (C=O) groups is 4. The molecule has 0 bridgehead atoms. The average Bonchev–Trinajstić information content (AvgIpc) is 3.19. The van der Waals surface area contributed by atoms with Gasteiger partial charge >= 0.3 is 0 Å². The highest BCUT2D eigenvalue weighted by Gasteiger charge is 2.42. The molecule has 2 N–H and O–H groups in total. The maximum atomic E-state index is 13.2. The second-order valence-electron chi connectivity index (χ2n) is 8.35. The molecule has 9 heteroatoms. The molecule has 0 aliphatic carbocycles. The standard InChI is InChI=1S/C28H27N3O6/c1-36-23-13-12-19(17-24(23)37-2)25(32)29-14-15-30-26(33)22(16-18-8-4-3-5-9-18)31-27(34)20-10-6-7-11-21(20)28(31)35/h3-13,17,22H,14-16H2,1-2H3,(H,29,32)(H,30,33). The minimum absolute atomic E-state index is 0.103. The molecule has 1 aliphatic rings. The van der Waals surface area contributed by atoms with Crippen LogP contribution in [-0.4, -0.2) is 61.9 Å². The van der Waals surface area contributed by atoms with Gasteiger partial charge in [-0.15, -0.1) is 0 Å². The van der Waals surface area contributed by atoms with E-state index in [0.29, 0.717) is 17.1 Å². The van der Waals surface area contributed by atoms with Crippen LogP contribution in [0.3, 0.4) is 0 Å². The summed E-state index contributed by atoms with van der Waals surface area (Å²) in [6, 6.07) is 19.5. The largest absolute Gasteiger partial charge is 0.493 e. The zero-order valence-corrected chi connectivity index (χ0v) is 20.5. The first-order valence-corrected chi connectivity index (χ1v) is 11.7.